The van der Waals surface area contributed by atoms with Crippen LogP contribution in [0.2, 0.25) is 0 Å². The fourth-order valence-electron chi connectivity index (χ4n) is 33.9. The first-order valence-corrected chi connectivity index (χ1v) is 48.9. The summed E-state index contributed by atoms with van der Waals surface area (Å²) in [5.41, 5.74) is 2.53. The predicted octanol–water partition coefficient (Wildman–Crippen LogP) is 18.1. The molecule has 17 aliphatic rings. The number of hydrogen-bond donors (Lipinski definition) is 4. The molecule has 21 nitrogen and oxygen atoms in total. The minimum absolute atomic E-state index is 0. The molecule has 0 spiro atoms. The summed E-state index contributed by atoms with van der Waals surface area (Å²) < 4.78 is 32.1. The second-order valence-electron chi connectivity index (χ2n) is 44.8. The zero-order valence-corrected chi connectivity index (χ0v) is 74.8. The van der Waals surface area contributed by atoms with Crippen LogP contribution in [0.5, 0.6) is 0 Å². The number of nitrogens with zero attached hydrogens (tertiary/aromatic N) is 16. The predicted molar refractivity (Wildman–Crippen MR) is 469 cm³/mol. The Morgan fingerprint density at radius 2 is 0.699 bits per heavy atom. The van der Waals surface area contributed by atoms with Gasteiger partial charge in [0.05, 0.1) is 38.4 Å². The number of alkyl halides is 2. The minimum atomic E-state index is -2.62. The van der Waals surface area contributed by atoms with Crippen molar-refractivity contribution in [1.29, 1.82) is 0 Å². The van der Waals surface area contributed by atoms with E-state index < -0.39 is 28.8 Å². The van der Waals surface area contributed by atoms with E-state index in [-0.39, 0.29) is 25.2 Å². The maximum atomic E-state index is 13.4. The van der Waals surface area contributed by atoms with Crippen LogP contribution in [0.1, 0.15) is 279 Å². The number of aromatic nitrogens is 16. The first-order chi connectivity index (χ1) is 58.6. The van der Waals surface area contributed by atoms with Gasteiger partial charge in [0.2, 0.25) is 0 Å². The molecule has 0 radical (unpaired) electrons. The molecule has 4 N–H and O–H groups in total. The molecule has 4 aromatic rings. The monoisotopic (exact) mass is 1710 g/mol. The lowest BCUT2D eigenvalue weighted by Gasteiger charge is -2.57. The molecule has 17 saturated carbocycles. The number of rotatable bonds is 15. The Morgan fingerprint density at radius 3 is 1.01 bits per heavy atom. The van der Waals surface area contributed by atoms with Gasteiger partial charge in [-0.15, -0.1) is 40.8 Å². The number of ether oxygens (including phenoxy) is 1. The van der Waals surface area contributed by atoms with E-state index in [4.69, 9.17) is 16.3 Å². The smallest absolute Gasteiger partial charge is 0.266 e. The molecule has 0 unspecified atom stereocenters. The number of allylic oxidation sites excluding steroid dienone is 4. The molecule has 0 amide bonds. The zero-order valence-electron chi connectivity index (χ0n) is 74.0. The highest BCUT2D eigenvalue weighted by Crippen LogP contribution is 2.71. The molecule has 24 heteroatoms. The highest BCUT2D eigenvalue weighted by molar-refractivity contribution is 6.30. The third-order valence-electron chi connectivity index (χ3n) is 39.3. The van der Waals surface area contributed by atoms with Crippen molar-refractivity contribution >= 4 is 11.6 Å². The lowest BCUT2D eigenvalue weighted by Crippen LogP contribution is -2.52. The Balaban J connectivity index is 0.000000116. The van der Waals surface area contributed by atoms with Gasteiger partial charge in [0.25, 0.3) is 6.43 Å². The molecule has 0 aromatic carbocycles. The van der Waals surface area contributed by atoms with Crippen LogP contribution >= 0.6 is 11.6 Å². The van der Waals surface area contributed by atoms with Crippen LogP contribution in [0.25, 0.3) is 0 Å². The standard InChI is InChI=1S/C27H38N4O.C24H33ClN4O.C24H38N4O2.C23H34F2N4O.CH4/c1-18(16-31-29-17-28-30-31)24-7-8-25-23-6-5-20-15-27(32,13-9-19-3-4-19)14-11-21(20)22(23)10-12-26(24,25)2;1-16(14-29-27-15-26-28-29)21-5-6-22-20-4-3-17-13-24(30,11-12-25)10-8-18(17)19(20)7-9-23(21,22)2;1-16(13-28-26-15-25-27-28)21-6-7-22-20-5-4-17-12-24(29,14-30-3)11-9-18(17)19(20)8-10-23(21,22)2;1-14(12-29-27-13-26-28-29)19-5-6-20-18-4-3-15-11-23(30,21(24)25)10-8-16(15)17(18)7-9-22(19,20)2;/h17,19-25,32H,1,3-8,10-12,14-16H2,2H3;15,17-22,30H,1,3-10,13-14H2,2H3;15,17-22,29H,1,4-14H2,2-3H3;13,15-21,30H,1,3-12H2,2H3;1H4/t20-,21+,22-,23-,24-,25+,26-,27-;17-,18+,19-,20-,21-,22+,23-,24+;17-,18+,19-,20-,21-,22+,23-,24-;15-,16+,17-,18-,19-,20+,22-,23-;/m1111./s1. The van der Waals surface area contributed by atoms with Gasteiger partial charge in [-0.25, -0.2) is 8.78 Å². The van der Waals surface area contributed by atoms with Crippen molar-refractivity contribution in [2.24, 2.45) is 170 Å². The van der Waals surface area contributed by atoms with Crippen molar-refractivity contribution < 1.29 is 33.9 Å². The van der Waals surface area contributed by atoms with E-state index in [1.807, 2.05) is 0 Å². The van der Waals surface area contributed by atoms with Crippen LogP contribution < -0.4 is 0 Å². The molecule has 0 bridgehead atoms. The molecule has 21 rings (SSSR count). The van der Waals surface area contributed by atoms with Gasteiger partial charge in [0, 0.05) is 18.4 Å². The van der Waals surface area contributed by atoms with Gasteiger partial charge in [0.15, 0.2) is 25.3 Å². The average Bonchev–Trinajstić information content (AvgIpc) is 1.35. The molecule has 674 valence electrons. The van der Waals surface area contributed by atoms with Crippen LogP contribution in [0, 0.1) is 193 Å². The van der Waals surface area contributed by atoms with E-state index in [1.54, 1.807) is 26.3 Å². The Kier molecular flexibility index (Phi) is 25.9. The van der Waals surface area contributed by atoms with Crippen LogP contribution in [0.3, 0.4) is 0 Å². The third-order valence-corrected chi connectivity index (χ3v) is 39.4. The van der Waals surface area contributed by atoms with E-state index in [9.17, 15) is 29.2 Å². The fourth-order valence-corrected chi connectivity index (χ4v) is 34.1. The maximum Gasteiger partial charge on any atom is 0.266 e. The van der Waals surface area contributed by atoms with Crippen molar-refractivity contribution in [1.82, 2.24) is 80.8 Å². The molecular formula is C99H147ClF2N16O5. The summed E-state index contributed by atoms with van der Waals surface area (Å²) in [6.45, 7) is 31.2. The van der Waals surface area contributed by atoms with Gasteiger partial charge in [0.1, 0.15) is 16.8 Å². The molecule has 123 heavy (non-hydrogen) atoms. The van der Waals surface area contributed by atoms with Gasteiger partial charge in [-0.1, -0.05) is 101 Å². The number of fused-ring (bicyclic) bond motifs is 20. The van der Waals surface area contributed by atoms with Gasteiger partial charge in [-0.2, -0.15) is 19.2 Å². The summed E-state index contributed by atoms with van der Waals surface area (Å²) in [7, 11) is 1.71. The van der Waals surface area contributed by atoms with Gasteiger partial charge in [-0.3, -0.25) is 0 Å². The quantitative estimate of drug-likeness (QED) is 0.0636. The average molecular weight is 1710 g/mol. The van der Waals surface area contributed by atoms with Crippen molar-refractivity contribution in [3.8, 4) is 23.1 Å². The van der Waals surface area contributed by atoms with Crippen molar-refractivity contribution in [3.63, 3.8) is 0 Å². The second-order valence-corrected chi connectivity index (χ2v) is 45.0. The van der Waals surface area contributed by atoms with E-state index >= 15 is 0 Å². The lowest BCUT2D eigenvalue weighted by molar-refractivity contribution is -0.159. The lowest BCUT2D eigenvalue weighted by atomic mass is 9.48. The van der Waals surface area contributed by atoms with E-state index in [0.29, 0.717) is 126 Å². The summed E-state index contributed by atoms with van der Waals surface area (Å²) in [6, 6.07) is 0. The number of methoxy groups -OCH3 is 1. The number of halogens is 3. The Bertz CT molecular complexity index is 4450. The normalized spacial score (nSPS) is 44.9. The summed E-state index contributed by atoms with van der Waals surface area (Å²) >= 11 is 5.63. The maximum absolute atomic E-state index is 13.4. The Hall–Kier alpha value is -5.69. The zero-order chi connectivity index (χ0) is 84.9. The fraction of sp³-hybridized carbons (Fsp3) is 0.838. The molecule has 17 fully saturated rings. The van der Waals surface area contributed by atoms with E-state index in [1.165, 1.54) is 215 Å². The van der Waals surface area contributed by atoms with Gasteiger partial charge >= 0.3 is 0 Å². The van der Waals surface area contributed by atoms with Crippen LogP contribution in [-0.2, 0) is 30.9 Å². The topological polar surface area (TPSA) is 265 Å². The Labute approximate surface area is 736 Å². The molecule has 4 heterocycles. The SMILES string of the molecule is C.C=C(Cn1ncnn1)[C@H]1CC[C@H]2[C@@H]3CC[C@@H]4C[C@@](O)(C#CC5CC5)CC[C@@H]4[C@H]3CC[C@]12C.C=C(Cn1ncnn1)[C@H]1CC[C@H]2[C@@H]3CC[C@@H]4C[C@@](O)(C#CCl)CC[C@@H]4[C@H]3CC[C@]12C.C=C(Cn1ncnn1)[C@H]1CC[C@H]2[C@@H]3CC[C@@H]4C[C@@](O)(C(F)F)CC[C@@H]4[C@H]3CC[C@]12C.C=C(Cn1ncnn1)[C@H]1CC[C@H]2[C@@H]3CC[C@@H]4C[C@@](O)(COC)CC[C@@H]4[C@H]3CC[C@]12C. The molecule has 0 saturated heterocycles. The number of aliphatic hydroxyl groups is 4. The molecular weight excluding hydrogens is 1570 g/mol. The third kappa shape index (κ3) is 17.2. The summed E-state index contributed by atoms with van der Waals surface area (Å²) in [6.07, 6.45) is 46.4. The summed E-state index contributed by atoms with van der Waals surface area (Å²) in [5.74, 6) is 27.1. The molecule has 4 aromatic heterocycles. The summed E-state index contributed by atoms with van der Waals surface area (Å²) in [5, 5.41) is 94.1. The Morgan fingerprint density at radius 1 is 0.390 bits per heavy atom. The van der Waals surface area contributed by atoms with Crippen molar-refractivity contribution in [2.75, 3.05) is 13.7 Å². The summed E-state index contributed by atoms with van der Waals surface area (Å²) in [4.78, 5) is 6.66. The highest BCUT2D eigenvalue weighted by Gasteiger charge is 2.64. The van der Waals surface area contributed by atoms with E-state index in [2.05, 4.69) is 139 Å². The number of tetrazole rings is 4. The van der Waals surface area contributed by atoms with Gasteiger partial charge < -0.3 is 25.2 Å². The molecule has 32 atom stereocenters. The minimum Gasteiger partial charge on any atom is -0.387 e. The van der Waals surface area contributed by atoms with Crippen molar-refractivity contribution in [2.45, 2.75) is 334 Å². The van der Waals surface area contributed by atoms with Crippen LogP contribution in [0.15, 0.2) is 73.9 Å². The van der Waals surface area contributed by atoms with Crippen LogP contribution in [0.4, 0.5) is 8.78 Å². The van der Waals surface area contributed by atoms with E-state index in [0.717, 1.165) is 135 Å². The number of hydrogen-bond acceptors (Lipinski definition) is 17. The first-order valence-electron chi connectivity index (χ1n) is 48.5. The molecule has 17 aliphatic carbocycles. The molecule has 0 aliphatic heterocycles. The second kappa shape index (κ2) is 35.6. The van der Waals surface area contributed by atoms with Crippen molar-refractivity contribution in [3.05, 3.63) is 73.9 Å². The van der Waals surface area contributed by atoms with Gasteiger partial charge in [-0.05, 0) is 440 Å². The largest absolute Gasteiger partial charge is 0.387 e. The highest BCUT2D eigenvalue weighted by atomic mass is 35.5. The first kappa shape index (κ1) is 89.3. The van der Waals surface area contributed by atoms with Crippen LogP contribution in [-0.4, -0.2) is 144 Å².